The highest BCUT2D eigenvalue weighted by molar-refractivity contribution is 6.63. The predicted molar refractivity (Wildman–Crippen MR) is 125 cm³/mol. The maximum Gasteiger partial charge on any atom is 0.699 e. The van der Waals surface area contributed by atoms with E-state index < -0.39 is 8.80 Å². The average Bonchev–Trinajstić information content (AvgIpc) is 2.78. The number of rotatable bonds is 12. The molecule has 0 bridgehead atoms. The molecule has 1 unspecified atom stereocenters. The lowest BCUT2D eigenvalue weighted by Gasteiger charge is -2.32. The molecule has 0 N–H and O–H groups in total. The van der Waals surface area contributed by atoms with E-state index in [1.807, 2.05) is 91.0 Å². The first-order chi connectivity index (χ1) is 14.7. The summed E-state index contributed by atoms with van der Waals surface area (Å²) in [6.45, 7) is 4.48. The summed E-state index contributed by atoms with van der Waals surface area (Å²) in [6, 6.07) is 30.4. The van der Waals surface area contributed by atoms with E-state index in [1.165, 1.54) is 12.8 Å². The largest absolute Gasteiger partial charge is 0.699 e. The molecule has 0 heterocycles. The summed E-state index contributed by atoms with van der Waals surface area (Å²) < 4.78 is 19.9. The second-order valence-electron chi connectivity index (χ2n) is 7.55. The van der Waals surface area contributed by atoms with Gasteiger partial charge in [0.1, 0.15) is 17.2 Å². The first kappa shape index (κ1) is 22.0. The number of para-hydroxylation sites is 3. The Morgan fingerprint density at radius 3 is 1.37 bits per heavy atom. The molecule has 3 rings (SSSR count). The van der Waals surface area contributed by atoms with Crippen LogP contribution in [0.1, 0.15) is 39.5 Å². The molecule has 3 nitrogen and oxygen atoms in total. The molecule has 0 aliphatic heterocycles. The van der Waals surface area contributed by atoms with Gasteiger partial charge in [-0.25, -0.2) is 0 Å². The highest BCUT2D eigenvalue weighted by Gasteiger charge is 2.50. The molecule has 30 heavy (non-hydrogen) atoms. The maximum absolute atomic E-state index is 6.62. The summed E-state index contributed by atoms with van der Waals surface area (Å²) in [6.07, 6.45) is 4.61. The van der Waals surface area contributed by atoms with Crippen molar-refractivity contribution in [3.8, 4) is 17.2 Å². The number of unbranched alkanes of at least 4 members (excludes halogenated alkanes) is 1. The van der Waals surface area contributed by atoms with Crippen molar-refractivity contribution >= 4 is 8.80 Å². The fourth-order valence-electron chi connectivity index (χ4n) is 3.49. The van der Waals surface area contributed by atoms with E-state index in [-0.39, 0.29) is 0 Å². The van der Waals surface area contributed by atoms with Gasteiger partial charge in [-0.3, -0.25) is 0 Å². The van der Waals surface area contributed by atoms with Gasteiger partial charge in [-0.1, -0.05) is 94.1 Å². The van der Waals surface area contributed by atoms with Crippen LogP contribution in [0.3, 0.4) is 0 Å². The zero-order valence-electron chi connectivity index (χ0n) is 18.0. The van der Waals surface area contributed by atoms with Crippen LogP contribution in [-0.2, 0) is 0 Å². The molecule has 0 aliphatic rings. The molecular formula is C26H32O3Si. The second kappa shape index (κ2) is 11.5. The summed E-state index contributed by atoms with van der Waals surface area (Å²) in [4.78, 5) is 0. The number of hydrogen-bond donors (Lipinski definition) is 0. The Bertz CT molecular complexity index is 739. The van der Waals surface area contributed by atoms with Crippen LogP contribution < -0.4 is 13.3 Å². The van der Waals surface area contributed by atoms with Gasteiger partial charge in [0.05, 0.1) is 6.04 Å². The molecule has 158 valence electrons. The fraction of sp³-hybridized carbons (Fsp3) is 0.308. The normalized spacial score (nSPS) is 12.2. The SMILES string of the molecule is CCCCC(CC)C[Si](Oc1ccccc1)(Oc1ccccc1)Oc1ccccc1. The van der Waals surface area contributed by atoms with E-state index in [0.29, 0.717) is 5.92 Å². The van der Waals surface area contributed by atoms with Gasteiger partial charge in [-0.05, 0) is 42.3 Å². The van der Waals surface area contributed by atoms with E-state index in [9.17, 15) is 0 Å². The Balaban J connectivity index is 1.98. The molecule has 1 atom stereocenters. The molecule has 0 radical (unpaired) electrons. The van der Waals surface area contributed by atoms with Crippen LogP contribution >= 0.6 is 0 Å². The zero-order valence-corrected chi connectivity index (χ0v) is 19.0. The van der Waals surface area contributed by atoms with Crippen molar-refractivity contribution in [2.45, 2.75) is 45.6 Å². The van der Waals surface area contributed by atoms with E-state index in [2.05, 4.69) is 13.8 Å². The van der Waals surface area contributed by atoms with Crippen LogP contribution in [0.5, 0.6) is 17.2 Å². The van der Waals surface area contributed by atoms with Crippen molar-refractivity contribution < 1.29 is 13.3 Å². The molecule has 0 saturated heterocycles. The Hall–Kier alpha value is -2.72. The van der Waals surface area contributed by atoms with Crippen LogP contribution in [0.25, 0.3) is 0 Å². The van der Waals surface area contributed by atoms with Crippen LogP contribution in [0.15, 0.2) is 91.0 Å². The topological polar surface area (TPSA) is 27.7 Å². The van der Waals surface area contributed by atoms with E-state index in [1.54, 1.807) is 0 Å². The molecule has 4 heteroatoms. The summed E-state index contributed by atoms with van der Waals surface area (Å²) >= 11 is 0. The van der Waals surface area contributed by atoms with Crippen molar-refractivity contribution in [1.82, 2.24) is 0 Å². The average molecular weight is 421 g/mol. The van der Waals surface area contributed by atoms with Gasteiger partial charge in [0, 0.05) is 0 Å². The van der Waals surface area contributed by atoms with Gasteiger partial charge >= 0.3 is 8.80 Å². The third-order valence-electron chi connectivity index (χ3n) is 5.13. The quantitative estimate of drug-likeness (QED) is 0.286. The Kier molecular flexibility index (Phi) is 8.39. The fourth-order valence-corrected chi connectivity index (χ4v) is 6.55. The van der Waals surface area contributed by atoms with Crippen LogP contribution in [0.4, 0.5) is 0 Å². The summed E-state index contributed by atoms with van der Waals surface area (Å²) in [7, 11) is -3.15. The van der Waals surface area contributed by atoms with Gasteiger partial charge in [0.25, 0.3) is 0 Å². The van der Waals surface area contributed by atoms with Gasteiger partial charge in [0.15, 0.2) is 0 Å². The van der Waals surface area contributed by atoms with E-state index in [0.717, 1.165) is 36.1 Å². The second-order valence-corrected chi connectivity index (χ2v) is 9.94. The maximum atomic E-state index is 6.62. The highest BCUT2D eigenvalue weighted by Crippen LogP contribution is 2.31. The molecular weight excluding hydrogens is 388 g/mol. The zero-order chi connectivity index (χ0) is 21.1. The van der Waals surface area contributed by atoms with Crippen molar-refractivity contribution in [2.24, 2.45) is 5.92 Å². The summed E-state index contributed by atoms with van der Waals surface area (Å²) in [5, 5.41) is 0. The molecule has 0 spiro atoms. The van der Waals surface area contributed by atoms with E-state index in [4.69, 9.17) is 13.3 Å². The van der Waals surface area contributed by atoms with Crippen molar-refractivity contribution in [3.63, 3.8) is 0 Å². The van der Waals surface area contributed by atoms with Gasteiger partial charge in [-0.15, -0.1) is 0 Å². The van der Waals surface area contributed by atoms with Crippen LogP contribution in [0.2, 0.25) is 6.04 Å². The van der Waals surface area contributed by atoms with Gasteiger partial charge < -0.3 is 13.3 Å². The molecule has 0 aromatic heterocycles. The van der Waals surface area contributed by atoms with Crippen LogP contribution in [0, 0.1) is 5.92 Å². The third-order valence-corrected chi connectivity index (χ3v) is 7.85. The number of hydrogen-bond acceptors (Lipinski definition) is 3. The molecule has 0 saturated carbocycles. The highest BCUT2D eigenvalue weighted by atomic mass is 28.4. The Labute approximate surface area is 182 Å². The monoisotopic (exact) mass is 420 g/mol. The lowest BCUT2D eigenvalue weighted by molar-refractivity contribution is 0.246. The number of benzene rings is 3. The molecule has 3 aromatic carbocycles. The van der Waals surface area contributed by atoms with Gasteiger partial charge in [0.2, 0.25) is 0 Å². The molecule has 0 aliphatic carbocycles. The van der Waals surface area contributed by atoms with Crippen molar-refractivity contribution in [2.75, 3.05) is 0 Å². The minimum absolute atomic E-state index is 0.479. The predicted octanol–water partition coefficient (Wildman–Crippen LogP) is 7.38. The summed E-state index contributed by atoms with van der Waals surface area (Å²) in [5.41, 5.74) is 0. The third kappa shape index (κ3) is 6.67. The minimum atomic E-state index is -3.15. The standard InChI is InChI=1S/C26H32O3Si/c1-3-5-15-23(4-2)22-30(27-24-16-9-6-10-17-24,28-25-18-11-7-12-19-25)29-26-20-13-8-14-21-26/h6-14,16-21,23H,3-5,15,22H2,1-2H3. The van der Waals surface area contributed by atoms with Gasteiger partial charge in [-0.2, -0.15) is 0 Å². The van der Waals surface area contributed by atoms with E-state index >= 15 is 0 Å². The Morgan fingerprint density at radius 1 is 0.633 bits per heavy atom. The lowest BCUT2D eigenvalue weighted by Crippen LogP contribution is -2.56. The first-order valence-electron chi connectivity index (χ1n) is 10.9. The molecule has 0 fully saturated rings. The molecule has 0 amide bonds. The minimum Gasteiger partial charge on any atom is -0.483 e. The van der Waals surface area contributed by atoms with Crippen molar-refractivity contribution in [3.05, 3.63) is 91.0 Å². The van der Waals surface area contributed by atoms with Crippen LogP contribution in [-0.4, -0.2) is 8.80 Å². The lowest BCUT2D eigenvalue weighted by atomic mass is 10.0. The van der Waals surface area contributed by atoms with Crippen molar-refractivity contribution in [1.29, 1.82) is 0 Å². The molecule has 3 aromatic rings. The summed E-state index contributed by atoms with van der Waals surface area (Å²) in [5.74, 6) is 2.82. The smallest absolute Gasteiger partial charge is 0.483 e. The Morgan fingerprint density at radius 2 is 1.03 bits per heavy atom. The first-order valence-corrected chi connectivity index (χ1v) is 12.9.